The molecule has 0 spiro atoms. The van der Waals surface area contributed by atoms with Crippen molar-refractivity contribution in [3.8, 4) is 0 Å². The highest BCUT2D eigenvalue weighted by Gasteiger charge is 2.15. The molecule has 0 fully saturated rings. The lowest BCUT2D eigenvalue weighted by Crippen LogP contribution is -2.47. The highest BCUT2D eigenvalue weighted by atomic mass is 79.9. The van der Waals surface area contributed by atoms with Crippen LogP contribution in [0.25, 0.3) is 0 Å². The summed E-state index contributed by atoms with van der Waals surface area (Å²) in [6.45, 7) is 5.01. The van der Waals surface area contributed by atoms with Gasteiger partial charge in [-0.1, -0.05) is 28.1 Å². The minimum atomic E-state index is -0.515. The van der Waals surface area contributed by atoms with Crippen LogP contribution in [-0.4, -0.2) is 42.9 Å². The molecule has 1 aromatic rings. The van der Waals surface area contributed by atoms with Crippen molar-refractivity contribution in [2.75, 3.05) is 20.1 Å². The molecule has 1 rings (SSSR count). The van der Waals surface area contributed by atoms with Gasteiger partial charge in [-0.2, -0.15) is 0 Å². The van der Waals surface area contributed by atoms with Gasteiger partial charge in [0, 0.05) is 17.6 Å². The van der Waals surface area contributed by atoms with Crippen molar-refractivity contribution in [2.24, 2.45) is 0 Å². The number of carbonyl (C=O) groups excluding carboxylic acids is 2. The normalized spacial score (nSPS) is 12.0. The summed E-state index contributed by atoms with van der Waals surface area (Å²) in [4.78, 5) is 25.3. The van der Waals surface area contributed by atoms with Crippen molar-refractivity contribution in [3.63, 3.8) is 0 Å². The van der Waals surface area contributed by atoms with Crippen LogP contribution in [0.2, 0.25) is 0 Å². The molecule has 0 aromatic heterocycles. The van der Waals surface area contributed by atoms with E-state index < -0.39 is 6.04 Å². The zero-order valence-corrected chi connectivity index (χ0v) is 14.2. The number of hydrogen-bond donors (Lipinski definition) is 2. The maximum Gasteiger partial charge on any atom is 0.242 e. The van der Waals surface area contributed by atoms with Crippen molar-refractivity contribution >= 4 is 27.7 Å². The number of rotatable bonds is 7. The summed E-state index contributed by atoms with van der Waals surface area (Å²) in [6.07, 6.45) is 0. The number of hydrogen-bond acceptors (Lipinski definition) is 3. The molecule has 1 atom stereocenters. The third-order valence-corrected chi connectivity index (χ3v) is 3.43. The standard InChI is InChI=1S/C15H22BrN3O2/c1-4-17-15(21)11(2)18-14(20)10-19(3)9-12-5-7-13(16)8-6-12/h5-8,11H,4,9-10H2,1-3H3,(H,17,21)(H,18,20)/t11-/m1/s1. The van der Waals surface area contributed by atoms with E-state index in [0.717, 1.165) is 10.0 Å². The van der Waals surface area contributed by atoms with Crippen molar-refractivity contribution in [1.29, 1.82) is 0 Å². The summed E-state index contributed by atoms with van der Waals surface area (Å²) >= 11 is 3.39. The SMILES string of the molecule is CCNC(=O)[C@@H](C)NC(=O)CN(C)Cc1ccc(Br)cc1. The van der Waals surface area contributed by atoms with Gasteiger partial charge >= 0.3 is 0 Å². The van der Waals surface area contributed by atoms with Gasteiger partial charge in [-0.05, 0) is 38.6 Å². The van der Waals surface area contributed by atoms with E-state index in [9.17, 15) is 9.59 Å². The number of likely N-dealkylation sites (N-methyl/N-ethyl adjacent to an activating group) is 2. The number of benzene rings is 1. The van der Waals surface area contributed by atoms with Crippen LogP contribution in [0.15, 0.2) is 28.7 Å². The van der Waals surface area contributed by atoms with E-state index in [-0.39, 0.29) is 18.4 Å². The maximum absolute atomic E-state index is 11.9. The van der Waals surface area contributed by atoms with Crippen molar-refractivity contribution in [2.45, 2.75) is 26.4 Å². The van der Waals surface area contributed by atoms with E-state index in [1.165, 1.54) is 0 Å². The predicted molar refractivity (Wildman–Crippen MR) is 86.8 cm³/mol. The number of halogens is 1. The molecule has 6 heteroatoms. The van der Waals surface area contributed by atoms with Gasteiger partial charge in [-0.25, -0.2) is 0 Å². The lowest BCUT2D eigenvalue weighted by Gasteiger charge is -2.18. The van der Waals surface area contributed by atoms with Gasteiger partial charge in [0.15, 0.2) is 0 Å². The topological polar surface area (TPSA) is 61.4 Å². The van der Waals surface area contributed by atoms with Crippen LogP contribution in [0.3, 0.4) is 0 Å². The quantitative estimate of drug-likeness (QED) is 0.779. The summed E-state index contributed by atoms with van der Waals surface area (Å²) in [5.74, 6) is -0.324. The number of nitrogens with one attached hydrogen (secondary N) is 2. The van der Waals surface area contributed by atoms with Crippen LogP contribution in [0, 0.1) is 0 Å². The average Bonchev–Trinajstić information content (AvgIpc) is 2.41. The Bertz CT molecular complexity index is 476. The minimum Gasteiger partial charge on any atom is -0.355 e. The van der Waals surface area contributed by atoms with Crippen molar-refractivity contribution in [3.05, 3.63) is 34.3 Å². The van der Waals surface area contributed by atoms with Crippen LogP contribution in [-0.2, 0) is 16.1 Å². The van der Waals surface area contributed by atoms with Crippen LogP contribution >= 0.6 is 15.9 Å². The second kappa shape index (κ2) is 8.79. The van der Waals surface area contributed by atoms with Crippen molar-refractivity contribution in [1.82, 2.24) is 15.5 Å². The molecule has 0 saturated heterocycles. The van der Waals surface area contributed by atoms with Gasteiger partial charge in [0.1, 0.15) is 6.04 Å². The second-order valence-electron chi connectivity index (χ2n) is 4.98. The molecule has 2 N–H and O–H groups in total. The van der Waals surface area contributed by atoms with E-state index in [1.807, 2.05) is 43.1 Å². The smallest absolute Gasteiger partial charge is 0.242 e. The molecule has 2 amide bonds. The molecular weight excluding hydrogens is 334 g/mol. The van der Waals surface area contributed by atoms with Crippen LogP contribution < -0.4 is 10.6 Å². The Kier molecular flexibility index (Phi) is 7.39. The molecule has 0 radical (unpaired) electrons. The first-order chi connectivity index (χ1) is 9.92. The van der Waals surface area contributed by atoms with Crippen LogP contribution in [0.1, 0.15) is 19.4 Å². The van der Waals surface area contributed by atoms with Crippen molar-refractivity contribution < 1.29 is 9.59 Å². The third kappa shape index (κ3) is 6.73. The first-order valence-electron chi connectivity index (χ1n) is 6.92. The van der Waals surface area contributed by atoms with Gasteiger partial charge in [0.2, 0.25) is 11.8 Å². The number of carbonyl (C=O) groups is 2. The molecule has 21 heavy (non-hydrogen) atoms. The molecule has 0 aliphatic heterocycles. The summed E-state index contributed by atoms with van der Waals surface area (Å²) < 4.78 is 1.03. The number of amides is 2. The van der Waals surface area contributed by atoms with E-state index in [4.69, 9.17) is 0 Å². The van der Waals surface area contributed by atoms with Gasteiger partial charge in [-0.15, -0.1) is 0 Å². The monoisotopic (exact) mass is 355 g/mol. The predicted octanol–water partition coefficient (Wildman–Crippen LogP) is 1.52. The maximum atomic E-state index is 11.9. The Morgan fingerprint density at radius 1 is 1.29 bits per heavy atom. The summed E-state index contributed by atoms with van der Waals surface area (Å²) in [5.41, 5.74) is 1.13. The minimum absolute atomic E-state index is 0.159. The zero-order chi connectivity index (χ0) is 15.8. The van der Waals surface area contributed by atoms with Crippen LogP contribution in [0.4, 0.5) is 0 Å². The second-order valence-corrected chi connectivity index (χ2v) is 5.90. The molecule has 0 heterocycles. The first-order valence-corrected chi connectivity index (χ1v) is 7.71. The Morgan fingerprint density at radius 2 is 1.90 bits per heavy atom. The Morgan fingerprint density at radius 3 is 2.48 bits per heavy atom. The molecule has 116 valence electrons. The lowest BCUT2D eigenvalue weighted by molar-refractivity contribution is -0.129. The average molecular weight is 356 g/mol. The largest absolute Gasteiger partial charge is 0.355 e. The Labute approximate surface area is 134 Å². The van der Waals surface area contributed by atoms with E-state index in [0.29, 0.717) is 13.1 Å². The van der Waals surface area contributed by atoms with E-state index in [2.05, 4.69) is 26.6 Å². The summed E-state index contributed by atoms with van der Waals surface area (Å²) in [5, 5.41) is 5.37. The molecule has 0 aliphatic rings. The van der Waals surface area contributed by atoms with Gasteiger partial charge < -0.3 is 10.6 Å². The fraction of sp³-hybridized carbons (Fsp3) is 0.467. The first kappa shape index (κ1) is 17.7. The van der Waals surface area contributed by atoms with E-state index in [1.54, 1.807) is 6.92 Å². The molecule has 0 saturated carbocycles. The molecule has 5 nitrogen and oxygen atoms in total. The molecule has 0 bridgehead atoms. The molecule has 0 unspecified atom stereocenters. The highest BCUT2D eigenvalue weighted by molar-refractivity contribution is 9.10. The third-order valence-electron chi connectivity index (χ3n) is 2.90. The van der Waals surface area contributed by atoms with Crippen LogP contribution in [0.5, 0.6) is 0 Å². The molecule has 1 aromatic carbocycles. The highest BCUT2D eigenvalue weighted by Crippen LogP contribution is 2.11. The molecule has 0 aliphatic carbocycles. The summed E-state index contributed by atoms with van der Waals surface area (Å²) in [6, 6.07) is 7.45. The van der Waals surface area contributed by atoms with E-state index >= 15 is 0 Å². The Hall–Kier alpha value is -1.40. The zero-order valence-electron chi connectivity index (χ0n) is 12.6. The van der Waals surface area contributed by atoms with Gasteiger partial charge in [-0.3, -0.25) is 14.5 Å². The molecular formula is C15H22BrN3O2. The van der Waals surface area contributed by atoms with Gasteiger partial charge in [0.25, 0.3) is 0 Å². The van der Waals surface area contributed by atoms with Gasteiger partial charge in [0.05, 0.1) is 6.54 Å². The Balaban J connectivity index is 2.40. The lowest BCUT2D eigenvalue weighted by atomic mass is 10.2. The summed E-state index contributed by atoms with van der Waals surface area (Å²) in [7, 11) is 1.87. The fourth-order valence-electron chi connectivity index (χ4n) is 1.88. The number of nitrogens with zero attached hydrogens (tertiary/aromatic N) is 1. The fourth-order valence-corrected chi connectivity index (χ4v) is 2.15.